The van der Waals surface area contributed by atoms with Crippen LogP contribution in [0.1, 0.15) is 51.9 Å². The molecule has 0 spiro atoms. The number of hydrogen-bond acceptors (Lipinski definition) is 3. The lowest BCUT2D eigenvalue weighted by Gasteiger charge is -2.37. The van der Waals surface area contributed by atoms with Gasteiger partial charge in [-0.15, -0.1) is 0 Å². The van der Waals surface area contributed by atoms with Crippen LogP contribution in [0.2, 0.25) is 0 Å². The monoisotopic (exact) mass is 256 g/mol. The minimum absolute atomic E-state index is 0.0311. The highest BCUT2D eigenvalue weighted by molar-refractivity contribution is 5.77. The van der Waals surface area contributed by atoms with E-state index in [9.17, 15) is 4.79 Å². The summed E-state index contributed by atoms with van der Waals surface area (Å²) in [5.74, 6) is 0.162. The standard InChI is InChI=1S/C14H28N2O2/c1-12(7-10-18-3)16-13(17)11-14(15-2)8-5-4-6-9-14/h12,15H,4-11H2,1-3H3,(H,16,17). The van der Waals surface area contributed by atoms with E-state index in [-0.39, 0.29) is 17.5 Å². The molecule has 0 radical (unpaired) electrons. The fourth-order valence-electron chi connectivity index (χ4n) is 2.74. The molecule has 1 unspecified atom stereocenters. The van der Waals surface area contributed by atoms with Crippen molar-refractivity contribution in [2.45, 2.75) is 63.5 Å². The molecule has 4 nitrogen and oxygen atoms in total. The maximum Gasteiger partial charge on any atom is 0.222 e. The Morgan fingerprint density at radius 1 is 1.33 bits per heavy atom. The molecule has 0 aliphatic heterocycles. The zero-order chi connectivity index (χ0) is 13.4. The largest absolute Gasteiger partial charge is 0.385 e. The van der Waals surface area contributed by atoms with Crippen LogP contribution in [-0.4, -0.2) is 38.3 Å². The van der Waals surface area contributed by atoms with Crippen molar-refractivity contribution >= 4 is 5.91 Å². The van der Waals surface area contributed by atoms with Gasteiger partial charge >= 0.3 is 0 Å². The second kappa shape index (κ2) is 7.74. The molecule has 1 fully saturated rings. The third-order valence-corrected chi connectivity index (χ3v) is 4.00. The molecular weight excluding hydrogens is 228 g/mol. The molecule has 0 aromatic rings. The molecule has 1 aliphatic carbocycles. The van der Waals surface area contributed by atoms with E-state index in [4.69, 9.17) is 4.74 Å². The molecule has 0 heterocycles. The number of rotatable bonds is 7. The predicted molar refractivity (Wildman–Crippen MR) is 73.6 cm³/mol. The van der Waals surface area contributed by atoms with Crippen molar-refractivity contribution in [1.82, 2.24) is 10.6 Å². The SMILES string of the molecule is CNC1(CC(=O)NC(C)CCOC)CCCCC1. The van der Waals surface area contributed by atoms with Crippen LogP contribution in [0.25, 0.3) is 0 Å². The molecular formula is C14H28N2O2. The third kappa shape index (κ3) is 4.94. The third-order valence-electron chi connectivity index (χ3n) is 4.00. The molecule has 106 valence electrons. The predicted octanol–water partition coefficient (Wildman–Crippen LogP) is 1.84. The summed E-state index contributed by atoms with van der Waals surface area (Å²) in [5.41, 5.74) is 0.0311. The number of ether oxygens (including phenoxy) is 1. The van der Waals surface area contributed by atoms with Gasteiger partial charge in [-0.1, -0.05) is 19.3 Å². The first-order valence-corrected chi connectivity index (χ1v) is 7.09. The van der Waals surface area contributed by atoms with Crippen LogP contribution < -0.4 is 10.6 Å². The Bertz CT molecular complexity index is 250. The Balaban J connectivity index is 2.37. The van der Waals surface area contributed by atoms with Gasteiger partial charge in [-0.2, -0.15) is 0 Å². The molecule has 4 heteroatoms. The second-order valence-corrected chi connectivity index (χ2v) is 5.52. The summed E-state index contributed by atoms with van der Waals surface area (Å²) in [5, 5.41) is 6.44. The summed E-state index contributed by atoms with van der Waals surface area (Å²) in [4.78, 5) is 12.1. The van der Waals surface area contributed by atoms with Crippen LogP contribution in [0, 0.1) is 0 Å². The van der Waals surface area contributed by atoms with Crippen molar-refractivity contribution < 1.29 is 9.53 Å². The van der Waals surface area contributed by atoms with E-state index in [0.717, 1.165) is 19.3 Å². The summed E-state index contributed by atoms with van der Waals surface area (Å²) >= 11 is 0. The van der Waals surface area contributed by atoms with E-state index in [0.29, 0.717) is 13.0 Å². The van der Waals surface area contributed by atoms with Gasteiger partial charge in [-0.25, -0.2) is 0 Å². The molecule has 0 aromatic heterocycles. The molecule has 1 atom stereocenters. The first-order valence-electron chi connectivity index (χ1n) is 7.09. The first kappa shape index (κ1) is 15.4. The van der Waals surface area contributed by atoms with E-state index >= 15 is 0 Å². The molecule has 1 saturated carbocycles. The molecule has 1 aliphatic rings. The van der Waals surface area contributed by atoms with Crippen molar-refractivity contribution in [3.8, 4) is 0 Å². The van der Waals surface area contributed by atoms with Crippen molar-refractivity contribution in [1.29, 1.82) is 0 Å². The number of methoxy groups -OCH3 is 1. The number of amides is 1. The quantitative estimate of drug-likeness (QED) is 0.731. The topological polar surface area (TPSA) is 50.4 Å². The van der Waals surface area contributed by atoms with Gasteiger partial charge < -0.3 is 15.4 Å². The fourth-order valence-corrected chi connectivity index (χ4v) is 2.74. The Morgan fingerprint density at radius 2 is 2.00 bits per heavy atom. The van der Waals surface area contributed by atoms with E-state index in [2.05, 4.69) is 10.6 Å². The second-order valence-electron chi connectivity index (χ2n) is 5.52. The highest BCUT2D eigenvalue weighted by atomic mass is 16.5. The van der Waals surface area contributed by atoms with Crippen molar-refractivity contribution in [3.05, 3.63) is 0 Å². The summed E-state index contributed by atoms with van der Waals surface area (Å²) in [6.45, 7) is 2.72. The Kier molecular flexibility index (Phi) is 6.65. The minimum Gasteiger partial charge on any atom is -0.385 e. The molecule has 0 bridgehead atoms. The summed E-state index contributed by atoms with van der Waals surface area (Å²) in [6, 6.07) is 0.190. The maximum atomic E-state index is 12.1. The number of carbonyl (C=O) groups is 1. The smallest absolute Gasteiger partial charge is 0.222 e. The van der Waals surface area contributed by atoms with Crippen LogP contribution >= 0.6 is 0 Å². The first-order chi connectivity index (χ1) is 8.62. The molecule has 0 saturated heterocycles. The van der Waals surface area contributed by atoms with Gasteiger partial charge in [0.25, 0.3) is 0 Å². The van der Waals surface area contributed by atoms with E-state index in [1.165, 1.54) is 19.3 Å². The Hall–Kier alpha value is -0.610. The van der Waals surface area contributed by atoms with E-state index in [1.54, 1.807) is 7.11 Å². The number of carbonyl (C=O) groups excluding carboxylic acids is 1. The zero-order valence-corrected chi connectivity index (χ0v) is 12.1. The van der Waals surface area contributed by atoms with Gasteiger partial charge in [-0.05, 0) is 33.2 Å². The van der Waals surface area contributed by atoms with Gasteiger partial charge in [0.15, 0.2) is 0 Å². The van der Waals surface area contributed by atoms with Crippen LogP contribution in [0.5, 0.6) is 0 Å². The number of nitrogens with one attached hydrogen (secondary N) is 2. The highest BCUT2D eigenvalue weighted by Gasteiger charge is 2.32. The summed E-state index contributed by atoms with van der Waals surface area (Å²) < 4.78 is 5.02. The van der Waals surface area contributed by atoms with Gasteiger partial charge in [0, 0.05) is 31.7 Å². The highest BCUT2D eigenvalue weighted by Crippen LogP contribution is 2.30. The van der Waals surface area contributed by atoms with Gasteiger partial charge in [0.05, 0.1) is 0 Å². The summed E-state index contributed by atoms with van der Waals surface area (Å²) in [6.07, 6.45) is 7.46. The lowest BCUT2D eigenvalue weighted by atomic mass is 9.79. The molecule has 2 N–H and O–H groups in total. The molecule has 18 heavy (non-hydrogen) atoms. The average molecular weight is 256 g/mol. The van der Waals surface area contributed by atoms with E-state index < -0.39 is 0 Å². The van der Waals surface area contributed by atoms with Gasteiger partial charge in [0.2, 0.25) is 5.91 Å². The van der Waals surface area contributed by atoms with E-state index in [1.807, 2.05) is 14.0 Å². The van der Waals surface area contributed by atoms with Crippen molar-refractivity contribution in [2.24, 2.45) is 0 Å². The van der Waals surface area contributed by atoms with Gasteiger partial charge in [0.1, 0.15) is 0 Å². The Labute approximate surface area is 111 Å². The maximum absolute atomic E-state index is 12.1. The van der Waals surface area contributed by atoms with Crippen LogP contribution in [0.4, 0.5) is 0 Å². The van der Waals surface area contributed by atoms with Gasteiger partial charge in [-0.3, -0.25) is 4.79 Å². The van der Waals surface area contributed by atoms with Crippen LogP contribution in [0.15, 0.2) is 0 Å². The zero-order valence-electron chi connectivity index (χ0n) is 12.1. The lowest BCUT2D eigenvalue weighted by Crippen LogP contribution is -2.49. The van der Waals surface area contributed by atoms with Crippen LogP contribution in [0.3, 0.4) is 0 Å². The lowest BCUT2D eigenvalue weighted by molar-refractivity contribution is -0.123. The molecule has 1 rings (SSSR count). The minimum atomic E-state index is 0.0311. The van der Waals surface area contributed by atoms with Crippen molar-refractivity contribution in [3.63, 3.8) is 0 Å². The molecule has 0 aromatic carbocycles. The average Bonchev–Trinajstić information content (AvgIpc) is 2.37. The summed E-state index contributed by atoms with van der Waals surface area (Å²) in [7, 11) is 3.67. The normalized spacial score (nSPS) is 20.4. The van der Waals surface area contributed by atoms with Crippen LogP contribution in [-0.2, 0) is 9.53 Å². The fraction of sp³-hybridized carbons (Fsp3) is 0.929. The van der Waals surface area contributed by atoms with Crippen molar-refractivity contribution in [2.75, 3.05) is 20.8 Å². The molecule has 1 amide bonds. The number of hydrogen-bond donors (Lipinski definition) is 2. The Morgan fingerprint density at radius 3 is 2.56 bits per heavy atom.